The minimum Gasteiger partial charge on any atom is -0.352 e. The normalized spacial score (nSPS) is 18.4. The summed E-state index contributed by atoms with van der Waals surface area (Å²) in [5.41, 5.74) is 2.78. The number of amides is 1. The molecular weight excluding hydrogens is 238 g/mol. The summed E-state index contributed by atoms with van der Waals surface area (Å²) in [5, 5.41) is 6.46. The van der Waals surface area contributed by atoms with Crippen LogP contribution in [-0.4, -0.2) is 23.1 Å². The quantitative estimate of drug-likeness (QED) is 0.853. The van der Waals surface area contributed by atoms with Crippen molar-refractivity contribution in [1.82, 2.24) is 15.2 Å². The number of nitrogens with zero attached hydrogens (tertiary/aromatic N) is 1. The molecule has 19 heavy (non-hydrogen) atoms. The van der Waals surface area contributed by atoms with Crippen molar-refractivity contribution >= 4 is 5.91 Å². The summed E-state index contributed by atoms with van der Waals surface area (Å²) in [6, 6.07) is 0.662. The van der Waals surface area contributed by atoms with Crippen molar-refractivity contribution in [2.45, 2.75) is 58.7 Å². The molecule has 1 aliphatic rings. The molecule has 0 aliphatic heterocycles. The zero-order valence-corrected chi connectivity index (χ0v) is 12.2. The summed E-state index contributed by atoms with van der Waals surface area (Å²) in [7, 11) is 0. The number of hydrogen-bond acceptors (Lipinski definition) is 2. The third kappa shape index (κ3) is 3.60. The summed E-state index contributed by atoms with van der Waals surface area (Å²) < 4.78 is 2.03. The van der Waals surface area contributed by atoms with Gasteiger partial charge in [0.1, 0.15) is 6.54 Å². The fourth-order valence-corrected chi connectivity index (χ4v) is 2.83. The summed E-state index contributed by atoms with van der Waals surface area (Å²) in [6.07, 6.45) is 7.84. The summed E-state index contributed by atoms with van der Waals surface area (Å²) in [5.74, 6) is 0.0855. The van der Waals surface area contributed by atoms with Crippen LogP contribution in [0.2, 0.25) is 0 Å². The smallest absolute Gasteiger partial charge is 0.240 e. The molecule has 2 rings (SSSR count). The van der Waals surface area contributed by atoms with Crippen LogP contribution in [0.5, 0.6) is 0 Å². The molecule has 0 radical (unpaired) electrons. The first-order chi connectivity index (χ1) is 9.10. The summed E-state index contributed by atoms with van der Waals surface area (Å²) >= 11 is 0. The van der Waals surface area contributed by atoms with Crippen LogP contribution in [0.3, 0.4) is 0 Å². The fraction of sp³-hybridized carbons (Fsp3) is 0.667. The van der Waals surface area contributed by atoms with Gasteiger partial charge in [0.2, 0.25) is 5.91 Å². The molecule has 0 aromatic carbocycles. The van der Waals surface area contributed by atoms with Crippen LogP contribution in [0.15, 0.2) is 12.4 Å². The summed E-state index contributed by atoms with van der Waals surface area (Å²) in [4.78, 5) is 11.8. The molecule has 4 nitrogen and oxygen atoms in total. The van der Waals surface area contributed by atoms with Crippen molar-refractivity contribution in [2.24, 2.45) is 0 Å². The Morgan fingerprint density at radius 2 is 2.26 bits per heavy atom. The SMILES string of the molecule is CCNC1CCCc2cn(CC(=O)NC(C)C)cc21. The number of hydrogen-bond donors (Lipinski definition) is 2. The van der Waals surface area contributed by atoms with E-state index in [9.17, 15) is 4.79 Å². The summed E-state index contributed by atoms with van der Waals surface area (Å²) in [6.45, 7) is 7.52. The Labute approximate surface area is 115 Å². The van der Waals surface area contributed by atoms with Crippen LogP contribution < -0.4 is 10.6 Å². The second-order valence-electron chi connectivity index (χ2n) is 5.64. The standard InChI is InChI=1S/C15H25N3O/c1-4-16-14-7-5-6-12-8-18(9-13(12)14)10-15(19)17-11(2)3/h8-9,11,14,16H,4-7,10H2,1-3H3,(H,17,19). The lowest BCUT2D eigenvalue weighted by atomic mass is 9.91. The van der Waals surface area contributed by atoms with Crippen LogP contribution >= 0.6 is 0 Å². The van der Waals surface area contributed by atoms with Gasteiger partial charge in [-0.05, 0) is 50.8 Å². The maximum Gasteiger partial charge on any atom is 0.240 e. The van der Waals surface area contributed by atoms with E-state index in [1.54, 1.807) is 0 Å². The first-order valence-corrected chi connectivity index (χ1v) is 7.31. The maximum atomic E-state index is 11.8. The number of rotatable bonds is 5. The average molecular weight is 263 g/mol. The van der Waals surface area contributed by atoms with Gasteiger partial charge < -0.3 is 15.2 Å². The number of carbonyl (C=O) groups is 1. The molecule has 0 bridgehead atoms. The van der Waals surface area contributed by atoms with E-state index in [0.717, 1.165) is 13.0 Å². The van der Waals surface area contributed by atoms with E-state index in [1.807, 2.05) is 18.4 Å². The number of carbonyl (C=O) groups excluding carboxylic acids is 1. The van der Waals surface area contributed by atoms with E-state index in [2.05, 4.69) is 30.0 Å². The molecule has 1 aromatic heterocycles. The molecule has 2 N–H and O–H groups in total. The predicted molar refractivity (Wildman–Crippen MR) is 77.1 cm³/mol. The van der Waals surface area contributed by atoms with Crippen molar-refractivity contribution in [3.8, 4) is 0 Å². The van der Waals surface area contributed by atoms with E-state index >= 15 is 0 Å². The molecule has 1 unspecified atom stereocenters. The molecule has 1 aromatic rings. The third-order valence-electron chi connectivity index (χ3n) is 3.54. The van der Waals surface area contributed by atoms with Crippen molar-refractivity contribution in [3.63, 3.8) is 0 Å². The first kappa shape index (κ1) is 14.1. The second kappa shape index (κ2) is 6.24. The van der Waals surface area contributed by atoms with E-state index in [-0.39, 0.29) is 11.9 Å². The Bertz CT molecular complexity index is 437. The molecule has 4 heteroatoms. The maximum absolute atomic E-state index is 11.8. The van der Waals surface area contributed by atoms with Crippen LogP contribution in [0.4, 0.5) is 0 Å². The van der Waals surface area contributed by atoms with Gasteiger partial charge in [0, 0.05) is 24.5 Å². The number of fused-ring (bicyclic) bond motifs is 1. The van der Waals surface area contributed by atoms with Gasteiger partial charge in [-0.15, -0.1) is 0 Å². The Hall–Kier alpha value is -1.29. The highest BCUT2D eigenvalue weighted by Gasteiger charge is 2.21. The molecule has 106 valence electrons. The lowest BCUT2D eigenvalue weighted by Crippen LogP contribution is -2.32. The van der Waals surface area contributed by atoms with Gasteiger partial charge in [0.25, 0.3) is 0 Å². The van der Waals surface area contributed by atoms with Gasteiger partial charge in [-0.25, -0.2) is 0 Å². The van der Waals surface area contributed by atoms with E-state index in [0.29, 0.717) is 12.6 Å². The zero-order valence-electron chi connectivity index (χ0n) is 12.2. The van der Waals surface area contributed by atoms with Crippen LogP contribution in [0, 0.1) is 0 Å². The lowest BCUT2D eigenvalue weighted by Gasteiger charge is -2.22. The monoisotopic (exact) mass is 263 g/mol. The minimum absolute atomic E-state index is 0.0855. The lowest BCUT2D eigenvalue weighted by molar-refractivity contribution is -0.122. The largest absolute Gasteiger partial charge is 0.352 e. The van der Waals surface area contributed by atoms with Gasteiger partial charge in [0.05, 0.1) is 0 Å². The van der Waals surface area contributed by atoms with Gasteiger partial charge in [-0.1, -0.05) is 6.92 Å². The molecule has 0 saturated carbocycles. The third-order valence-corrected chi connectivity index (χ3v) is 3.54. The molecule has 1 aliphatic carbocycles. The highest BCUT2D eigenvalue weighted by atomic mass is 16.2. The van der Waals surface area contributed by atoms with E-state index < -0.39 is 0 Å². The van der Waals surface area contributed by atoms with Crippen molar-refractivity contribution in [2.75, 3.05) is 6.54 Å². The first-order valence-electron chi connectivity index (χ1n) is 7.31. The van der Waals surface area contributed by atoms with Crippen molar-refractivity contribution in [1.29, 1.82) is 0 Å². The molecule has 0 fully saturated rings. The molecule has 1 heterocycles. The predicted octanol–water partition coefficient (Wildman–Crippen LogP) is 2.00. The Kier molecular flexibility index (Phi) is 4.64. The molecule has 0 saturated heterocycles. The molecule has 1 amide bonds. The van der Waals surface area contributed by atoms with Crippen molar-refractivity contribution < 1.29 is 4.79 Å². The van der Waals surface area contributed by atoms with Gasteiger partial charge in [-0.2, -0.15) is 0 Å². The minimum atomic E-state index is 0.0855. The van der Waals surface area contributed by atoms with Crippen LogP contribution in [0.1, 0.15) is 50.8 Å². The number of aryl methyl sites for hydroxylation is 1. The van der Waals surface area contributed by atoms with Crippen molar-refractivity contribution in [3.05, 3.63) is 23.5 Å². The van der Waals surface area contributed by atoms with Gasteiger partial charge in [-0.3, -0.25) is 4.79 Å². The van der Waals surface area contributed by atoms with E-state index in [4.69, 9.17) is 0 Å². The second-order valence-corrected chi connectivity index (χ2v) is 5.64. The number of aromatic nitrogens is 1. The van der Waals surface area contributed by atoms with Crippen LogP contribution in [-0.2, 0) is 17.8 Å². The molecular formula is C15H25N3O. The zero-order chi connectivity index (χ0) is 13.8. The highest BCUT2D eigenvalue weighted by Crippen LogP contribution is 2.30. The van der Waals surface area contributed by atoms with Gasteiger partial charge in [0.15, 0.2) is 0 Å². The van der Waals surface area contributed by atoms with Gasteiger partial charge >= 0.3 is 0 Å². The molecule has 0 spiro atoms. The molecule has 1 atom stereocenters. The Morgan fingerprint density at radius 1 is 1.47 bits per heavy atom. The average Bonchev–Trinajstić information content (AvgIpc) is 2.71. The Balaban J connectivity index is 2.06. The topological polar surface area (TPSA) is 46.1 Å². The highest BCUT2D eigenvalue weighted by molar-refractivity contribution is 5.76. The van der Waals surface area contributed by atoms with E-state index in [1.165, 1.54) is 24.0 Å². The Morgan fingerprint density at radius 3 is 2.95 bits per heavy atom. The van der Waals surface area contributed by atoms with Crippen LogP contribution in [0.25, 0.3) is 0 Å². The fourth-order valence-electron chi connectivity index (χ4n) is 2.83. The number of nitrogens with one attached hydrogen (secondary N) is 2.